The molecule has 1 N–H and O–H groups in total. The molecule has 2 aromatic carbocycles. The van der Waals surface area contributed by atoms with Crippen LogP contribution in [0.4, 0.5) is 0 Å². The van der Waals surface area contributed by atoms with Gasteiger partial charge in [0.2, 0.25) is 0 Å². The standard InChI is InChI=1S/C17H16BrN3O2S/c1-10-6-4-5-7-13(10)21-16(19-20-17(21)24)11-8-12(18)15(23-3)9-14(11)22-2/h4-9H,1-3H3,(H,20,24). The first-order chi connectivity index (χ1) is 11.6. The van der Waals surface area contributed by atoms with Gasteiger partial charge in [-0.25, -0.2) is 0 Å². The fraction of sp³-hybridized carbons (Fsp3) is 0.176. The first-order valence-corrected chi connectivity index (χ1v) is 8.42. The molecular weight excluding hydrogens is 390 g/mol. The van der Waals surface area contributed by atoms with Crippen LogP contribution < -0.4 is 9.47 Å². The van der Waals surface area contributed by atoms with Crippen LogP contribution in [0.1, 0.15) is 5.56 Å². The van der Waals surface area contributed by atoms with E-state index in [0.29, 0.717) is 22.1 Å². The summed E-state index contributed by atoms with van der Waals surface area (Å²) in [6.45, 7) is 2.04. The van der Waals surface area contributed by atoms with E-state index in [2.05, 4.69) is 26.1 Å². The lowest BCUT2D eigenvalue weighted by molar-refractivity contribution is 0.393. The Morgan fingerprint density at radius 1 is 1.12 bits per heavy atom. The third kappa shape index (κ3) is 2.85. The van der Waals surface area contributed by atoms with Gasteiger partial charge in [-0.15, -0.1) is 0 Å². The average molecular weight is 406 g/mol. The van der Waals surface area contributed by atoms with Crippen molar-refractivity contribution in [2.24, 2.45) is 0 Å². The van der Waals surface area contributed by atoms with Gasteiger partial charge in [0, 0.05) is 6.07 Å². The Labute approximate surface area is 153 Å². The van der Waals surface area contributed by atoms with Crippen LogP contribution in [0.5, 0.6) is 11.5 Å². The third-order valence-corrected chi connectivity index (χ3v) is 4.64. The largest absolute Gasteiger partial charge is 0.496 e. The number of ether oxygens (including phenoxy) is 2. The van der Waals surface area contributed by atoms with Crippen LogP contribution in [0.15, 0.2) is 40.9 Å². The highest BCUT2D eigenvalue weighted by atomic mass is 79.9. The molecule has 3 aromatic rings. The van der Waals surface area contributed by atoms with Crippen molar-refractivity contribution in [1.29, 1.82) is 0 Å². The number of rotatable bonds is 4. The first-order valence-electron chi connectivity index (χ1n) is 7.22. The van der Waals surface area contributed by atoms with Crippen molar-refractivity contribution in [1.82, 2.24) is 14.8 Å². The third-order valence-electron chi connectivity index (χ3n) is 3.74. The Hall–Kier alpha value is -2.12. The van der Waals surface area contributed by atoms with E-state index in [1.54, 1.807) is 14.2 Å². The Morgan fingerprint density at radius 3 is 2.50 bits per heavy atom. The predicted octanol–water partition coefficient (Wildman–Crippen LogP) is 4.69. The summed E-state index contributed by atoms with van der Waals surface area (Å²) in [4.78, 5) is 0. The maximum Gasteiger partial charge on any atom is 0.200 e. The second-order valence-electron chi connectivity index (χ2n) is 5.16. The number of hydrogen-bond acceptors (Lipinski definition) is 4. The van der Waals surface area contributed by atoms with Crippen molar-refractivity contribution in [2.45, 2.75) is 6.92 Å². The fourth-order valence-electron chi connectivity index (χ4n) is 2.55. The molecule has 0 saturated heterocycles. The Balaban J connectivity index is 2.28. The fourth-order valence-corrected chi connectivity index (χ4v) is 3.29. The van der Waals surface area contributed by atoms with Crippen LogP contribution in [0, 0.1) is 11.7 Å². The van der Waals surface area contributed by atoms with E-state index in [9.17, 15) is 0 Å². The molecule has 0 atom stereocenters. The normalized spacial score (nSPS) is 10.7. The van der Waals surface area contributed by atoms with Crippen LogP contribution in [0.2, 0.25) is 0 Å². The summed E-state index contributed by atoms with van der Waals surface area (Å²) in [5.74, 6) is 2.01. The zero-order valence-corrected chi connectivity index (χ0v) is 15.9. The van der Waals surface area contributed by atoms with Gasteiger partial charge in [-0.1, -0.05) is 18.2 Å². The summed E-state index contributed by atoms with van der Waals surface area (Å²) in [5, 5.41) is 7.29. The van der Waals surface area contributed by atoms with Gasteiger partial charge in [-0.3, -0.25) is 9.67 Å². The van der Waals surface area contributed by atoms with E-state index in [1.165, 1.54) is 0 Å². The van der Waals surface area contributed by atoms with E-state index >= 15 is 0 Å². The van der Waals surface area contributed by atoms with Gasteiger partial charge in [0.25, 0.3) is 0 Å². The second kappa shape index (κ2) is 6.78. The number of nitrogens with one attached hydrogen (secondary N) is 1. The molecule has 0 spiro atoms. The quantitative estimate of drug-likeness (QED) is 0.639. The van der Waals surface area contributed by atoms with Crippen molar-refractivity contribution < 1.29 is 9.47 Å². The summed E-state index contributed by atoms with van der Waals surface area (Å²) in [6, 6.07) is 11.7. The summed E-state index contributed by atoms with van der Waals surface area (Å²) in [6.07, 6.45) is 0. The molecule has 0 unspecified atom stereocenters. The Bertz CT molecular complexity index is 949. The maximum atomic E-state index is 5.53. The maximum absolute atomic E-state index is 5.53. The van der Waals surface area contributed by atoms with Crippen LogP contribution in [-0.4, -0.2) is 29.0 Å². The monoisotopic (exact) mass is 405 g/mol. The molecule has 124 valence electrons. The van der Waals surface area contributed by atoms with Gasteiger partial charge in [0.15, 0.2) is 10.6 Å². The SMILES string of the molecule is COc1cc(OC)c(-c2n[nH]c(=S)n2-c2ccccc2C)cc1Br. The summed E-state index contributed by atoms with van der Waals surface area (Å²) in [7, 11) is 3.23. The number of nitrogens with zero attached hydrogens (tertiary/aromatic N) is 2. The molecule has 1 heterocycles. The average Bonchev–Trinajstić information content (AvgIpc) is 2.96. The summed E-state index contributed by atoms with van der Waals surface area (Å²) in [5.41, 5.74) is 2.88. The zero-order valence-electron chi connectivity index (χ0n) is 13.5. The van der Waals surface area contributed by atoms with Gasteiger partial charge >= 0.3 is 0 Å². The van der Waals surface area contributed by atoms with E-state index in [4.69, 9.17) is 21.7 Å². The molecule has 0 amide bonds. The van der Waals surface area contributed by atoms with E-state index < -0.39 is 0 Å². The highest BCUT2D eigenvalue weighted by Crippen LogP contribution is 2.38. The van der Waals surface area contributed by atoms with Crippen LogP contribution in [0.3, 0.4) is 0 Å². The van der Waals surface area contributed by atoms with Crippen LogP contribution in [0.25, 0.3) is 17.1 Å². The molecule has 0 aliphatic rings. The van der Waals surface area contributed by atoms with E-state index in [-0.39, 0.29) is 0 Å². The number of halogens is 1. The molecule has 0 fully saturated rings. The first kappa shape index (κ1) is 16.7. The molecule has 3 rings (SSSR count). The highest BCUT2D eigenvalue weighted by molar-refractivity contribution is 9.10. The molecule has 0 aliphatic carbocycles. The minimum Gasteiger partial charge on any atom is -0.496 e. The lowest BCUT2D eigenvalue weighted by Crippen LogP contribution is -2.01. The Kier molecular flexibility index (Phi) is 4.73. The van der Waals surface area contributed by atoms with Crippen molar-refractivity contribution in [3.05, 3.63) is 51.2 Å². The number of aromatic nitrogens is 3. The minimum atomic E-state index is 0.522. The number of para-hydroxylation sites is 1. The minimum absolute atomic E-state index is 0.522. The summed E-state index contributed by atoms with van der Waals surface area (Å²) >= 11 is 8.96. The van der Waals surface area contributed by atoms with Crippen LogP contribution in [-0.2, 0) is 0 Å². The van der Waals surface area contributed by atoms with E-state index in [1.807, 2.05) is 47.9 Å². The molecule has 0 aliphatic heterocycles. The Morgan fingerprint density at radius 2 is 1.83 bits per heavy atom. The number of aryl methyl sites for hydroxylation is 1. The lowest BCUT2D eigenvalue weighted by Gasteiger charge is -2.14. The van der Waals surface area contributed by atoms with Crippen LogP contribution >= 0.6 is 28.1 Å². The number of methoxy groups -OCH3 is 2. The van der Waals surface area contributed by atoms with Gasteiger partial charge < -0.3 is 9.47 Å². The molecule has 0 bridgehead atoms. The molecule has 0 radical (unpaired) electrons. The topological polar surface area (TPSA) is 52.1 Å². The predicted molar refractivity (Wildman–Crippen MR) is 99.7 cm³/mol. The molecule has 5 nitrogen and oxygen atoms in total. The smallest absolute Gasteiger partial charge is 0.200 e. The highest BCUT2D eigenvalue weighted by Gasteiger charge is 2.18. The van der Waals surface area contributed by atoms with Gasteiger partial charge in [0.05, 0.1) is 29.9 Å². The van der Waals surface area contributed by atoms with Gasteiger partial charge in [-0.2, -0.15) is 5.10 Å². The molecule has 0 saturated carbocycles. The van der Waals surface area contributed by atoms with Crippen molar-refractivity contribution >= 4 is 28.1 Å². The summed E-state index contributed by atoms with van der Waals surface area (Å²) < 4.78 is 14.1. The number of hydrogen-bond donors (Lipinski definition) is 1. The van der Waals surface area contributed by atoms with Crippen molar-refractivity contribution in [2.75, 3.05) is 14.2 Å². The number of benzene rings is 2. The van der Waals surface area contributed by atoms with Gasteiger partial charge in [0.1, 0.15) is 11.5 Å². The number of H-pyrrole nitrogens is 1. The lowest BCUT2D eigenvalue weighted by atomic mass is 10.1. The zero-order chi connectivity index (χ0) is 17.3. The molecular formula is C17H16BrN3O2S. The van der Waals surface area contributed by atoms with Crippen molar-refractivity contribution in [3.8, 4) is 28.6 Å². The van der Waals surface area contributed by atoms with Gasteiger partial charge in [-0.05, 0) is 52.8 Å². The van der Waals surface area contributed by atoms with E-state index in [0.717, 1.165) is 21.3 Å². The molecule has 7 heteroatoms. The van der Waals surface area contributed by atoms with Crippen molar-refractivity contribution in [3.63, 3.8) is 0 Å². The molecule has 24 heavy (non-hydrogen) atoms. The number of aromatic amines is 1. The molecule has 1 aromatic heterocycles. The second-order valence-corrected chi connectivity index (χ2v) is 6.40.